The molecular formula is C22H19N7O5S. The van der Waals surface area contributed by atoms with E-state index in [0.29, 0.717) is 11.4 Å². The molecule has 178 valence electrons. The standard InChI is InChI=1S/C22H19N7O5S/c1-14-19(21(31)29(27-14)20(30)15-4-8-17(34-2)9-5-15)26-25-16-6-10-18(11-7-16)35(32,33)28-22-23-12-3-13-24-22/h3-13,25H,1-2H3,(H,23,24,28)/b26-19+. The number of sulfonamides is 1. The van der Waals surface area contributed by atoms with Crippen molar-refractivity contribution in [2.75, 3.05) is 17.3 Å². The van der Waals surface area contributed by atoms with Crippen LogP contribution in [0.3, 0.4) is 0 Å². The number of carbonyl (C=O) groups excluding carboxylic acids is 2. The maximum absolute atomic E-state index is 12.7. The molecule has 2 amide bonds. The molecule has 12 nitrogen and oxygen atoms in total. The number of aromatic nitrogens is 2. The van der Waals surface area contributed by atoms with E-state index in [0.717, 1.165) is 5.01 Å². The number of imide groups is 1. The topological polar surface area (TPSA) is 155 Å². The van der Waals surface area contributed by atoms with Crippen LogP contribution >= 0.6 is 0 Å². The second-order valence-corrected chi connectivity index (χ2v) is 8.79. The molecule has 0 spiro atoms. The molecule has 0 unspecified atom stereocenters. The van der Waals surface area contributed by atoms with Gasteiger partial charge in [-0.15, -0.1) is 0 Å². The summed E-state index contributed by atoms with van der Waals surface area (Å²) in [6.45, 7) is 1.55. The van der Waals surface area contributed by atoms with Crippen molar-refractivity contribution in [1.82, 2.24) is 15.0 Å². The van der Waals surface area contributed by atoms with E-state index in [1.165, 1.54) is 55.9 Å². The lowest BCUT2D eigenvalue weighted by molar-refractivity contribution is -0.121. The minimum atomic E-state index is -3.89. The van der Waals surface area contributed by atoms with Gasteiger partial charge in [-0.05, 0) is 61.5 Å². The Hall–Kier alpha value is -4.65. The molecule has 1 aliphatic heterocycles. The summed E-state index contributed by atoms with van der Waals surface area (Å²) >= 11 is 0. The van der Waals surface area contributed by atoms with Crippen molar-refractivity contribution in [1.29, 1.82) is 0 Å². The van der Waals surface area contributed by atoms with E-state index in [1.54, 1.807) is 25.1 Å². The minimum absolute atomic E-state index is 0.0193. The maximum Gasteiger partial charge on any atom is 0.303 e. The van der Waals surface area contributed by atoms with Crippen LogP contribution in [0.1, 0.15) is 17.3 Å². The SMILES string of the molecule is COc1ccc(C(=O)N2N=C(C)/C(=N\Nc3ccc(S(=O)(=O)Nc4ncccn4)cc3)C2=O)cc1. The van der Waals surface area contributed by atoms with E-state index >= 15 is 0 Å². The fourth-order valence-corrected chi connectivity index (χ4v) is 3.94. The molecule has 2 N–H and O–H groups in total. The van der Waals surface area contributed by atoms with E-state index in [2.05, 4.69) is 30.3 Å². The van der Waals surface area contributed by atoms with Crippen molar-refractivity contribution in [2.24, 2.45) is 10.2 Å². The maximum atomic E-state index is 12.7. The average Bonchev–Trinajstić information content (AvgIpc) is 3.16. The van der Waals surface area contributed by atoms with E-state index in [-0.39, 0.29) is 27.8 Å². The highest BCUT2D eigenvalue weighted by atomic mass is 32.2. The van der Waals surface area contributed by atoms with Crippen LogP contribution in [0.2, 0.25) is 0 Å². The Labute approximate surface area is 200 Å². The van der Waals surface area contributed by atoms with E-state index in [4.69, 9.17) is 4.74 Å². The van der Waals surface area contributed by atoms with Gasteiger partial charge in [-0.2, -0.15) is 15.2 Å². The quantitative estimate of drug-likeness (QED) is 0.374. The lowest BCUT2D eigenvalue weighted by atomic mass is 10.2. The highest BCUT2D eigenvalue weighted by Crippen LogP contribution is 2.18. The number of ether oxygens (including phenoxy) is 1. The predicted molar refractivity (Wildman–Crippen MR) is 128 cm³/mol. The van der Waals surface area contributed by atoms with Crippen LogP contribution in [-0.2, 0) is 14.8 Å². The number of hydrogen-bond acceptors (Lipinski definition) is 10. The fraction of sp³-hybridized carbons (Fsp3) is 0.0909. The zero-order valence-corrected chi connectivity index (χ0v) is 19.4. The first-order chi connectivity index (χ1) is 16.8. The third kappa shape index (κ3) is 5.14. The molecule has 0 saturated heterocycles. The Kier molecular flexibility index (Phi) is 6.51. The van der Waals surface area contributed by atoms with Crippen LogP contribution in [0.15, 0.2) is 82.1 Å². The van der Waals surface area contributed by atoms with Gasteiger partial charge in [-0.3, -0.25) is 15.0 Å². The van der Waals surface area contributed by atoms with Crippen molar-refractivity contribution in [3.63, 3.8) is 0 Å². The molecule has 2 aromatic carbocycles. The third-order valence-electron chi connectivity index (χ3n) is 4.77. The van der Waals surface area contributed by atoms with Gasteiger partial charge in [0.1, 0.15) is 5.75 Å². The van der Waals surface area contributed by atoms with E-state index in [1.807, 2.05) is 0 Å². The number of nitrogens with zero attached hydrogens (tertiary/aromatic N) is 5. The number of hydrogen-bond donors (Lipinski definition) is 2. The van der Waals surface area contributed by atoms with Crippen molar-refractivity contribution in [2.45, 2.75) is 11.8 Å². The zero-order chi connectivity index (χ0) is 25.0. The number of benzene rings is 2. The van der Waals surface area contributed by atoms with Crippen molar-refractivity contribution < 1.29 is 22.7 Å². The van der Waals surface area contributed by atoms with Crippen molar-refractivity contribution in [3.05, 3.63) is 72.6 Å². The van der Waals surface area contributed by atoms with Gasteiger partial charge in [-0.25, -0.2) is 23.1 Å². The predicted octanol–water partition coefficient (Wildman–Crippen LogP) is 2.11. The summed E-state index contributed by atoms with van der Waals surface area (Å²) in [6, 6.07) is 13.5. The molecule has 35 heavy (non-hydrogen) atoms. The number of hydrazone groups is 2. The van der Waals surface area contributed by atoms with Crippen LogP contribution < -0.4 is 14.9 Å². The molecule has 2 heterocycles. The minimum Gasteiger partial charge on any atom is -0.497 e. The summed E-state index contributed by atoms with van der Waals surface area (Å²) in [6.07, 6.45) is 2.83. The van der Waals surface area contributed by atoms with Crippen LogP contribution in [0.25, 0.3) is 0 Å². The second kappa shape index (κ2) is 9.69. The molecule has 4 rings (SSSR count). The lowest BCUT2D eigenvalue weighted by Crippen LogP contribution is -2.33. The van der Waals surface area contributed by atoms with Crippen LogP contribution in [0, 0.1) is 0 Å². The monoisotopic (exact) mass is 493 g/mol. The van der Waals surface area contributed by atoms with Gasteiger partial charge < -0.3 is 4.74 Å². The highest BCUT2D eigenvalue weighted by Gasteiger charge is 2.34. The number of amides is 2. The number of nitrogens with one attached hydrogen (secondary N) is 2. The Morgan fingerprint density at radius 3 is 2.31 bits per heavy atom. The Morgan fingerprint density at radius 2 is 1.69 bits per heavy atom. The first-order valence-corrected chi connectivity index (χ1v) is 11.6. The molecule has 3 aromatic rings. The summed E-state index contributed by atoms with van der Waals surface area (Å²) < 4.78 is 32.3. The van der Waals surface area contributed by atoms with Crippen molar-refractivity contribution in [3.8, 4) is 5.75 Å². The molecule has 0 aliphatic carbocycles. The van der Waals surface area contributed by atoms with E-state index < -0.39 is 21.8 Å². The third-order valence-corrected chi connectivity index (χ3v) is 6.11. The number of anilines is 2. The van der Waals surface area contributed by atoms with Gasteiger partial charge in [0.05, 0.1) is 23.4 Å². The van der Waals surface area contributed by atoms with Gasteiger partial charge >= 0.3 is 5.91 Å². The zero-order valence-electron chi connectivity index (χ0n) is 18.5. The normalized spacial score (nSPS) is 14.6. The summed E-state index contributed by atoms with van der Waals surface area (Å²) in [7, 11) is -2.38. The summed E-state index contributed by atoms with van der Waals surface area (Å²) in [5, 5.41) is 8.81. The van der Waals surface area contributed by atoms with Crippen LogP contribution in [0.5, 0.6) is 5.75 Å². The van der Waals surface area contributed by atoms with Gasteiger partial charge in [0.25, 0.3) is 15.9 Å². The molecule has 0 fully saturated rings. The first-order valence-electron chi connectivity index (χ1n) is 10.1. The van der Waals surface area contributed by atoms with Crippen LogP contribution in [0.4, 0.5) is 11.6 Å². The smallest absolute Gasteiger partial charge is 0.303 e. The van der Waals surface area contributed by atoms with Gasteiger partial charge in [0, 0.05) is 18.0 Å². The molecule has 1 aromatic heterocycles. The number of carbonyl (C=O) groups is 2. The average molecular weight is 494 g/mol. The number of methoxy groups -OCH3 is 1. The molecule has 1 aliphatic rings. The molecule has 0 bridgehead atoms. The lowest BCUT2D eigenvalue weighted by Gasteiger charge is -2.10. The summed E-state index contributed by atoms with van der Waals surface area (Å²) in [5.74, 6) is -0.776. The molecule has 13 heteroatoms. The largest absolute Gasteiger partial charge is 0.497 e. The van der Waals surface area contributed by atoms with E-state index in [9.17, 15) is 18.0 Å². The summed E-state index contributed by atoms with van der Waals surface area (Å²) in [5.41, 5.74) is 3.55. The van der Waals surface area contributed by atoms with Gasteiger partial charge in [0.15, 0.2) is 5.71 Å². The first kappa shape index (κ1) is 23.5. The summed E-state index contributed by atoms with van der Waals surface area (Å²) in [4.78, 5) is 33.1. The molecular weight excluding hydrogens is 474 g/mol. The van der Waals surface area contributed by atoms with Gasteiger partial charge in [0.2, 0.25) is 5.95 Å². The Balaban J connectivity index is 1.44. The Bertz CT molecular complexity index is 1420. The van der Waals surface area contributed by atoms with Crippen molar-refractivity contribution >= 4 is 44.9 Å². The van der Waals surface area contributed by atoms with Gasteiger partial charge in [-0.1, -0.05) is 0 Å². The Morgan fingerprint density at radius 1 is 1.03 bits per heavy atom. The highest BCUT2D eigenvalue weighted by molar-refractivity contribution is 7.92. The second-order valence-electron chi connectivity index (χ2n) is 7.11. The fourth-order valence-electron chi connectivity index (χ4n) is 2.98. The molecule has 0 radical (unpaired) electrons. The molecule has 0 atom stereocenters. The number of rotatable bonds is 7. The molecule has 0 saturated carbocycles. The van der Waals surface area contributed by atoms with Crippen LogP contribution in [-0.4, -0.2) is 53.7 Å².